The van der Waals surface area contributed by atoms with E-state index in [0.717, 1.165) is 24.3 Å². The van der Waals surface area contributed by atoms with Crippen LogP contribution in [0.15, 0.2) is 72.8 Å². The Morgan fingerprint density at radius 1 is 0.857 bits per heavy atom. The first-order valence-corrected chi connectivity index (χ1v) is 12.2. The van der Waals surface area contributed by atoms with Crippen LogP contribution in [-0.4, -0.2) is 51.7 Å². The molecule has 0 aliphatic carbocycles. The minimum atomic E-state index is 0.144. The van der Waals surface area contributed by atoms with E-state index >= 15 is 0 Å². The van der Waals surface area contributed by atoms with Gasteiger partial charge in [0.05, 0.1) is 21.3 Å². The van der Waals surface area contributed by atoms with Crippen LogP contribution in [0.3, 0.4) is 0 Å². The van der Waals surface area contributed by atoms with E-state index in [1.54, 1.807) is 21.3 Å². The maximum atomic E-state index is 9.79. The van der Waals surface area contributed by atoms with Crippen LogP contribution in [0.1, 0.15) is 29.0 Å². The second-order valence-corrected chi connectivity index (χ2v) is 8.93. The smallest absolute Gasteiger partial charge is 0.164 e. The Bertz CT molecular complexity index is 1020. The monoisotopic (exact) mass is 476 g/mol. The summed E-state index contributed by atoms with van der Waals surface area (Å²) >= 11 is 0. The second kappa shape index (κ2) is 12.1. The van der Waals surface area contributed by atoms with Gasteiger partial charge in [0.2, 0.25) is 0 Å². The highest BCUT2D eigenvalue weighted by Crippen LogP contribution is 2.37. The van der Waals surface area contributed by atoms with Crippen molar-refractivity contribution in [2.24, 2.45) is 5.92 Å². The van der Waals surface area contributed by atoms with Crippen molar-refractivity contribution < 1.29 is 19.3 Å². The van der Waals surface area contributed by atoms with E-state index in [-0.39, 0.29) is 24.6 Å². The highest BCUT2D eigenvalue weighted by Gasteiger charge is 2.40. The fourth-order valence-electron chi connectivity index (χ4n) is 5.29. The van der Waals surface area contributed by atoms with Gasteiger partial charge in [0, 0.05) is 42.8 Å². The third-order valence-corrected chi connectivity index (χ3v) is 7.00. The zero-order valence-electron chi connectivity index (χ0n) is 20.7. The Balaban J connectivity index is 1.66. The number of hydrogen-bond donors (Lipinski definition) is 3. The van der Waals surface area contributed by atoms with Crippen LogP contribution in [0.2, 0.25) is 0 Å². The maximum Gasteiger partial charge on any atom is 0.164 e. The molecule has 0 aromatic heterocycles. The summed E-state index contributed by atoms with van der Waals surface area (Å²) in [5.41, 5.74) is 3.54. The zero-order valence-corrected chi connectivity index (χ0v) is 20.7. The lowest BCUT2D eigenvalue weighted by atomic mass is 9.80. The standard InChI is InChI=1S/C29H36N2O4/c1-33-24-17-26(35-3)25(34-2)16-23(24)19-30-28-22(14-15-32)18-31-29(28)27(20-10-6-4-7-11-20)21-12-8-5-9-13-21/h4-13,16-17,22,27-32H,14-15,18-19H2,1-3H3. The van der Waals surface area contributed by atoms with Crippen molar-refractivity contribution in [3.8, 4) is 17.2 Å². The summed E-state index contributed by atoms with van der Waals surface area (Å²) < 4.78 is 16.6. The molecule has 4 rings (SSSR count). The van der Waals surface area contributed by atoms with Crippen molar-refractivity contribution in [2.75, 3.05) is 34.5 Å². The number of hydrogen-bond acceptors (Lipinski definition) is 6. The molecule has 6 heteroatoms. The summed E-state index contributed by atoms with van der Waals surface area (Å²) in [7, 11) is 4.93. The molecule has 3 atom stereocenters. The average molecular weight is 477 g/mol. The van der Waals surface area contributed by atoms with E-state index in [1.807, 2.05) is 12.1 Å². The van der Waals surface area contributed by atoms with Gasteiger partial charge in [-0.3, -0.25) is 0 Å². The number of benzene rings is 3. The van der Waals surface area contributed by atoms with Crippen molar-refractivity contribution in [1.82, 2.24) is 10.6 Å². The van der Waals surface area contributed by atoms with Crippen molar-refractivity contribution >= 4 is 0 Å². The van der Waals surface area contributed by atoms with Crippen LogP contribution >= 0.6 is 0 Å². The summed E-state index contributed by atoms with van der Waals surface area (Å²) in [6.45, 7) is 1.62. The minimum Gasteiger partial charge on any atom is -0.496 e. The Hall–Kier alpha value is -3.06. The van der Waals surface area contributed by atoms with Crippen LogP contribution < -0.4 is 24.8 Å². The van der Waals surface area contributed by atoms with Crippen LogP contribution in [0.25, 0.3) is 0 Å². The summed E-state index contributed by atoms with van der Waals surface area (Å²) in [5.74, 6) is 2.53. The second-order valence-electron chi connectivity index (χ2n) is 8.93. The first kappa shape index (κ1) is 25.0. The van der Waals surface area contributed by atoms with Gasteiger partial charge in [-0.25, -0.2) is 0 Å². The largest absolute Gasteiger partial charge is 0.496 e. The number of rotatable bonds is 11. The number of methoxy groups -OCH3 is 3. The van der Waals surface area contributed by atoms with E-state index in [0.29, 0.717) is 24.0 Å². The lowest BCUT2D eigenvalue weighted by molar-refractivity contribution is 0.241. The molecule has 6 nitrogen and oxygen atoms in total. The predicted molar refractivity (Wildman–Crippen MR) is 138 cm³/mol. The van der Waals surface area contributed by atoms with E-state index < -0.39 is 0 Å². The molecule has 0 amide bonds. The van der Waals surface area contributed by atoms with Crippen molar-refractivity contribution in [2.45, 2.75) is 31.0 Å². The van der Waals surface area contributed by atoms with Gasteiger partial charge in [0.15, 0.2) is 11.5 Å². The van der Waals surface area contributed by atoms with Crippen LogP contribution in [-0.2, 0) is 6.54 Å². The summed E-state index contributed by atoms with van der Waals surface area (Å²) in [5, 5.41) is 17.4. The van der Waals surface area contributed by atoms with E-state index in [1.165, 1.54) is 11.1 Å². The molecule has 1 saturated heterocycles. The van der Waals surface area contributed by atoms with Gasteiger partial charge in [-0.05, 0) is 36.1 Å². The van der Waals surface area contributed by atoms with Crippen molar-refractivity contribution in [1.29, 1.82) is 0 Å². The fraction of sp³-hybridized carbons (Fsp3) is 0.379. The highest BCUT2D eigenvalue weighted by molar-refractivity contribution is 5.50. The van der Waals surface area contributed by atoms with Crippen LogP contribution in [0, 0.1) is 5.92 Å². The summed E-state index contributed by atoms with van der Waals surface area (Å²) in [6.07, 6.45) is 0.737. The van der Waals surface area contributed by atoms with Crippen molar-refractivity contribution in [3.05, 3.63) is 89.5 Å². The molecule has 1 heterocycles. The van der Waals surface area contributed by atoms with Crippen molar-refractivity contribution in [3.63, 3.8) is 0 Å². The predicted octanol–water partition coefficient (Wildman–Crippen LogP) is 3.97. The van der Waals surface area contributed by atoms with E-state index in [4.69, 9.17) is 14.2 Å². The number of aliphatic hydroxyl groups excluding tert-OH is 1. The molecule has 186 valence electrons. The molecule has 3 N–H and O–H groups in total. The highest BCUT2D eigenvalue weighted by atomic mass is 16.5. The fourth-order valence-corrected chi connectivity index (χ4v) is 5.29. The molecule has 0 bridgehead atoms. The summed E-state index contributed by atoms with van der Waals surface area (Å²) in [6, 6.07) is 25.4. The molecular formula is C29H36N2O4. The first-order valence-electron chi connectivity index (χ1n) is 12.2. The molecule has 1 aliphatic rings. The molecular weight excluding hydrogens is 440 g/mol. The molecule has 1 fully saturated rings. The molecule has 3 aromatic rings. The van der Waals surface area contributed by atoms with Gasteiger partial charge in [-0.15, -0.1) is 0 Å². The van der Waals surface area contributed by atoms with Crippen LogP contribution in [0.5, 0.6) is 17.2 Å². The van der Waals surface area contributed by atoms with Gasteiger partial charge in [-0.2, -0.15) is 0 Å². The maximum absolute atomic E-state index is 9.79. The number of aliphatic hydroxyl groups is 1. The van der Waals surface area contributed by atoms with Gasteiger partial charge in [0.1, 0.15) is 5.75 Å². The third-order valence-electron chi connectivity index (χ3n) is 7.00. The van der Waals surface area contributed by atoms with E-state index in [9.17, 15) is 5.11 Å². The number of nitrogens with one attached hydrogen (secondary N) is 2. The quantitative estimate of drug-likeness (QED) is 0.389. The Labute approximate surface area is 208 Å². The minimum absolute atomic E-state index is 0.144. The van der Waals surface area contributed by atoms with Crippen LogP contribution in [0.4, 0.5) is 0 Å². The topological polar surface area (TPSA) is 72.0 Å². The van der Waals surface area contributed by atoms with E-state index in [2.05, 4.69) is 71.3 Å². The SMILES string of the molecule is COc1cc(OC)c(OC)cc1CNC1C(CCO)CNC1C(c1ccccc1)c1ccccc1. The normalized spacial score (nSPS) is 19.6. The Morgan fingerprint density at radius 2 is 1.43 bits per heavy atom. The van der Waals surface area contributed by atoms with Gasteiger partial charge in [0.25, 0.3) is 0 Å². The molecule has 35 heavy (non-hydrogen) atoms. The first-order chi connectivity index (χ1) is 17.2. The summed E-state index contributed by atoms with van der Waals surface area (Å²) in [4.78, 5) is 0. The van der Waals surface area contributed by atoms with Gasteiger partial charge in [-0.1, -0.05) is 60.7 Å². The average Bonchev–Trinajstić information content (AvgIpc) is 3.30. The molecule has 3 aromatic carbocycles. The van der Waals surface area contributed by atoms with Gasteiger partial charge < -0.3 is 30.0 Å². The third kappa shape index (κ3) is 5.61. The Kier molecular flexibility index (Phi) is 8.64. The molecule has 1 aliphatic heterocycles. The lowest BCUT2D eigenvalue weighted by Gasteiger charge is -2.32. The molecule has 3 unspecified atom stereocenters. The number of ether oxygens (including phenoxy) is 3. The molecule has 0 radical (unpaired) electrons. The zero-order chi connectivity index (χ0) is 24.6. The Morgan fingerprint density at radius 3 is 1.97 bits per heavy atom. The molecule has 0 saturated carbocycles. The lowest BCUT2D eigenvalue weighted by Crippen LogP contribution is -2.46. The van der Waals surface area contributed by atoms with Gasteiger partial charge >= 0.3 is 0 Å². The molecule has 0 spiro atoms.